The maximum atomic E-state index is 13.3. The molecule has 4 nitrogen and oxygen atoms in total. The fraction of sp³-hybridized carbons (Fsp3) is 0.188. The molecule has 2 N–H and O–H groups in total. The fourth-order valence-electron chi connectivity index (χ4n) is 2.26. The van der Waals surface area contributed by atoms with Gasteiger partial charge in [-0.3, -0.25) is 4.79 Å². The molecule has 0 saturated carbocycles. The molecule has 0 aliphatic heterocycles. The summed E-state index contributed by atoms with van der Waals surface area (Å²) in [4.78, 5) is 12.8. The third-order valence-electron chi connectivity index (χ3n) is 3.43. The van der Waals surface area contributed by atoms with Gasteiger partial charge in [0.1, 0.15) is 17.7 Å². The van der Waals surface area contributed by atoms with Gasteiger partial charge in [0.05, 0.1) is 17.7 Å². The highest BCUT2D eigenvalue weighted by molar-refractivity contribution is 7.21. The van der Waals surface area contributed by atoms with E-state index in [1.165, 1.54) is 29.7 Å². The van der Waals surface area contributed by atoms with Gasteiger partial charge in [0, 0.05) is 4.70 Å². The van der Waals surface area contributed by atoms with Crippen molar-refractivity contribution in [1.29, 1.82) is 0 Å². The summed E-state index contributed by atoms with van der Waals surface area (Å²) in [5.74, 6) is -0.214. The number of thiophene rings is 1. The van der Waals surface area contributed by atoms with E-state index in [0.717, 1.165) is 15.6 Å². The van der Waals surface area contributed by atoms with Crippen LogP contribution in [0.5, 0.6) is 0 Å². The molecule has 0 bridgehead atoms. The number of hydrogen-bond acceptors (Lipinski definition) is 4. The lowest BCUT2D eigenvalue weighted by Gasteiger charge is -2.09. The smallest absolute Gasteiger partial charge is 0.261 e. The minimum absolute atomic E-state index is 0.0500. The number of aryl methyl sites for hydroxylation is 1. The second-order valence-corrected chi connectivity index (χ2v) is 5.99. The number of aliphatic hydroxyl groups is 1. The number of fused-ring (bicyclic) bond motifs is 1. The molecule has 0 saturated heterocycles. The number of amides is 1. The molecule has 3 rings (SSSR count). The average Bonchev–Trinajstić information content (AvgIpc) is 3.14. The Labute approximate surface area is 130 Å². The number of aliphatic hydroxyl groups excluding tert-OH is 1. The lowest BCUT2D eigenvalue weighted by Crippen LogP contribution is -2.28. The zero-order valence-corrected chi connectivity index (χ0v) is 12.6. The van der Waals surface area contributed by atoms with E-state index in [4.69, 9.17) is 4.42 Å². The number of furan rings is 1. The van der Waals surface area contributed by atoms with E-state index in [9.17, 15) is 14.3 Å². The first-order valence-electron chi connectivity index (χ1n) is 6.74. The summed E-state index contributed by atoms with van der Waals surface area (Å²) < 4.78 is 19.2. The summed E-state index contributed by atoms with van der Waals surface area (Å²) >= 11 is 1.31. The van der Waals surface area contributed by atoms with Gasteiger partial charge in [0.15, 0.2) is 0 Å². The normalized spacial score (nSPS) is 12.5. The predicted molar refractivity (Wildman–Crippen MR) is 82.5 cm³/mol. The molecule has 1 unspecified atom stereocenters. The van der Waals surface area contributed by atoms with Crippen LogP contribution >= 0.6 is 11.3 Å². The zero-order valence-electron chi connectivity index (χ0n) is 11.8. The summed E-state index contributed by atoms with van der Waals surface area (Å²) in [6.45, 7) is 1.84. The predicted octanol–water partition coefficient (Wildman–Crippen LogP) is 3.41. The van der Waals surface area contributed by atoms with E-state index in [1.807, 2.05) is 0 Å². The Morgan fingerprint density at radius 1 is 1.45 bits per heavy atom. The molecule has 0 aliphatic carbocycles. The molecule has 1 aromatic carbocycles. The highest BCUT2D eigenvalue weighted by Gasteiger charge is 2.18. The molecule has 0 aliphatic rings. The fourth-order valence-corrected chi connectivity index (χ4v) is 3.37. The molecule has 0 fully saturated rings. The molecule has 2 aromatic heterocycles. The Balaban J connectivity index is 1.76. The van der Waals surface area contributed by atoms with E-state index >= 15 is 0 Å². The van der Waals surface area contributed by atoms with Crippen LogP contribution in [0.15, 0.2) is 41.0 Å². The van der Waals surface area contributed by atoms with Gasteiger partial charge < -0.3 is 14.8 Å². The van der Waals surface area contributed by atoms with E-state index in [-0.39, 0.29) is 18.3 Å². The molecule has 22 heavy (non-hydrogen) atoms. The molecule has 1 atom stereocenters. The van der Waals surface area contributed by atoms with Gasteiger partial charge in [-0.05, 0) is 48.2 Å². The van der Waals surface area contributed by atoms with Crippen LogP contribution in [0, 0.1) is 12.7 Å². The number of halogens is 1. The van der Waals surface area contributed by atoms with Crippen LogP contribution in [0.2, 0.25) is 0 Å². The quantitative estimate of drug-likeness (QED) is 0.774. The van der Waals surface area contributed by atoms with Crippen molar-refractivity contribution in [2.24, 2.45) is 0 Å². The number of hydrogen-bond donors (Lipinski definition) is 2. The highest BCUT2D eigenvalue weighted by Crippen LogP contribution is 2.31. The maximum absolute atomic E-state index is 13.3. The Morgan fingerprint density at radius 2 is 2.27 bits per heavy atom. The van der Waals surface area contributed by atoms with Crippen LogP contribution < -0.4 is 5.32 Å². The first kappa shape index (κ1) is 14.7. The van der Waals surface area contributed by atoms with Gasteiger partial charge in [-0.1, -0.05) is 0 Å². The van der Waals surface area contributed by atoms with Gasteiger partial charge in [-0.25, -0.2) is 4.39 Å². The number of nitrogens with one attached hydrogen (secondary N) is 1. The molecule has 6 heteroatoms. The van der Waals surface area contributed by atoms with Gasteiger partial charge in [-0.2, -0.15) is 0 Å². The van der Waals surface area contributed by atoms with Gasteiger partial charge >= 0.3 is 0 Å². The van der Waals surface area contributed by atoms with Crippen LogP contribution in [-0.4, -0.2) is 17.6 Å². The van der Waals surface area contributed by atoms with Crippen LogP contribution in [0.4, 0.5) is 4.39 Å². The topological polar surface area (TPSA) is 62.5 Å². The zero-order chi connectivity index (χ0) is 15.7. The molecule has 0 radical (unpaired) electrons. The summed E-state index contributed by atoms with van der Waals surface area (Å²) in [5.41, 5.74) is 0.740. The molecule has 0 spiro atoms. The molecule has 1 amide bonds. The van der Waals surface area contributed by atoms with Crippen molar-refractivity contribution in [1.82, 2.24) is 5.32 Å². The lowest BCUT2D eigenvalue weighted by molar-refractivity contribution is 0.0904. The van der Waals surface area contributed by atoms with E-state index in [0.29, 0.717) is 10.6 Å². The van der Waals surface area contributed by atoms with Crippen LogP contribution in [0.3, 0.4) is 0 Å². The standard InChI is InChI=1S/C16H14FNO3S/c1-9-11-7-10(17)4-5-14(11)22-15(9)16(20)18-8-12(19)13-3-2-6-21-13/h2-7,12,19H,8H2,1H3,(H,18,20). The average molecular weight is 319 g/mol. The Kier molecular flexibility index (Phi) is 3.96. The third kappa shape index (κ3) is 2.75. The van der Waals surface area contributed by atoms with Crippen molar-refractivity contribution in [3.05, 3.63) is 58.6 Å². The van der Waals surface area contributed by atoms with Crippen molar-refractivity contribution >= 4 is 27.3 Å². The Hall–Kier alpha value is -2.18. The number of carbonyl (C=O) groups excluding carboxylic acids is 1. The summed E-state index contributed by atoms with van der Waals surface area (Å²) in [5, 5.41) is 13.3. The van der Waals surface area contributed by atoms with Crippen molar-refractivity contribution in [3.8, 4) is 0 Å². The number of rotatable bonds is 4. The summed E-state index contributed by atoms with van der Waals surface area (Å²) in [6, 6.07) is 7.78. The molecule has 2 heterocycles. The van der Waals surface area contributed by atoms with Gasteiger partial charge in [-0.15, -0.1) is 11.3 Å². The van der Waals surface area contributed by atoms with Gasteiger partial charge in [0.2, 0.25) is 0 Å². The lowest BCUT2D eigenvalue weighted by atomic mass is 10.1. The van der Waals surface area contributed by atoms with E-state index < -0.39 is 6.10 Å². The highest BCUT2D eigenvalue weighted by atomic mass is 32.1. The second-order valence-electron chi connectivity index (χ2n) is 4.94. The minimum atomic E-state index is -0.897. The van der Waals surface area contributed by atoms with Crippen LogP contribution in [0.25, 0.3) is 10.1 Å². The molecular weight excluding hydrogens is 305 g/mol. The first-order valence-corrected chi connectivity index (χ1v) is 7.56. The van der Waals surface area contributed by atoms with E-state index in [2.05, 4.69) is 5.32 Å². The summed E-state index contributed by atoms with van der Waals surface area (Å²) in [6.07, 6.45) is 0.566. The van der Waals surface area contributed by atoms with Crippen molar-refractivity contribution in [2.45, 2.75) is 13.0 Å². The number of benzene rings is 1. The maximum Gasteiger partial charge on any atom is 0.261 e. The van der Waals surface area contributed by atoms with Crippen molar-refractivity contribution in [2.75, 3.05) is 6.54 Å². The second kappa shape index (κ2) is 5.90. The van der Waals surface area contributed by atoms with Crippen molar-refractivity contribution < 1.29 is 18.7 Å². The Morgan fingerprint density at radius 3 is 3.00 bits per heavy atom. The molecular formula is C16H14FNO3S. The molecule has 3 aromatic rings. The Bertz CT molecular complexity index is 810. The third-order valence-corrected chi connectivity index (χ3v) is 4.70. The first-order chi connectivity index (χ1) is 10.6. The van der Waals surface area contributed by atoms with Crippen molar-refractivity contribution in [3.63, 3.8) is 0 Å². The minimum Gasteiger partial charge on any atom is -0.467 e. The molecule has 114 valence electrons. The van der Waals surface area contributed by atoms with Gasteiger partial charge in [0.25, 0.3) is 5.91 Å². The largest absolute Gasteiger partial charge is 0.467 e. The number of carbonyl (C=O) groups is 1. The monoisotopic (exact) mass is 319 g/mol. The van der Waals surface area contributed by atoms with Crippen LogP contribution in [0.1, 0.15) is 27.1 Å². The van der Waals surface area contributed by atoms with E-state index in [1.54, 1.807) is 25.1 Å². The summed E-state index contributed by atoms with van der Waals surface area (Å²) in [7, 11) is 0. The van der Waals surface area contributed by atoms with Crippen LogP contribution in [-0.2, 0) is 0 Å². The SMILES string of the molecule is Cc1c(C(=O)NCC(O)c2ccco2)sc2ccc(F)cc12.